The lowest BCUT2D eigenvalue weighted by Crippen LogP contribution is -2.07. The molecule has 0 unspecified atom stereocenters. The van der Waals surface area contributed by atoms with Gasteiger partial charge < -0.3 is 9.47 Å². The van der Waals surface area contributed by atoms with Crippen molar-refractivity contribution >= 4 is 29.0 Å². The molecule has 0 atom stereocenters. The average molecular weight is 312 g/mol. The molecule has 0 saturated heterocycles. The van der Waals surface area contributed by atoms with Crippen LogP contribution >= 0.6 is 23.2 Å². The third-order valence-electron chi connectivity index (χ3n) is 2.67. The normalized spacial score (nSPS) is 10.2. The molecule has 0 aliphatic rings. The highest BCUT2D eigenvalue weighted by atomic mass is 35.5. The van der Waals surface area contributed by atoms with Gasteiger partial charge in [0.25, 0.3) is 0 Å². The van der Waals surface area contributed by atoms with Gasteiger partial charge in [-0.1, -0.05) is 23.2 Å². The Hall–Kier alpha value is -1.78. The van der Waals surface area contributed by atoms with Crippen molar-refractivity contribution in [3.05, 3.63) is 51.8 Å². The first-order valence-electron chi connectivity index (χ1n) is 5.64. The molecule has 0 N–H and O–H groups in total. The molecule has 6 heteroatoms. The van der Waals surface area contributed by atoms with Crippen LogP contribution in [0.3, 0.4) is 0 Å². The minimum atomic E-state index is -0.359. The van der Waals surface area contributed by atoms with E-state index >= 15 is 0 Å². The van der Waals surface area contributed by atoms with Crippen LogP contribution in [0.2, 0.25) is 10.0 Å². The molecule has 0 spiro atoms. The van der Waals surface area contributed by atoms with Crippen LogP contribution in [-0.4, -0.2) is 25.0 Å². The maximum Gasteiger partial charge on any atom is 0.216 e. The number of aromatic nitrogens is 1. The van der Waals surface area contributed by atoms with E-state index in [0.717, 1.165) is 0 Å². The second kappa shape index (κ2) is 6.11. The van der Waals surface area contributed by atoms with E-state index in [1.807, 2.05) is 0 Å². The fraction of sp³-hybridized carbons (Fsp3) is 0.143. The summed E-state index contributed by atoms with van der Waals surface area (Å²) in [5.74, 6) is 0.602. The monoisotopic (exact) mass is 311 g/mol. The number of hydrogen-bond acceptors (Lipinski definition) is 4. The standard InChI is InChI=1S/C14H11Cl2NO3/c1-19-9-3-4-12(20-2)10(6-9)14(18)13-11(16)5-8(15)7-17-13/h3-7H,1-2H3. The quantitative estimate of drug-likeness (QED) is 0.809. The number of ether oxygens (including phenoxy) is 2. The van der Waals surface area contributed by atoms with Gasteiger partial charge in [-0.2, -0.15) is 0 Å². The summed E-state index contributed by atoms with van der Waals surface area (Å²) in [6.45, 7) is 0. The van der Waals surface area contributed by atoms with Crippen LogP contribution in [0.15, 0.2) is 30.5 Å². The maximum atomic E-state index is 12.5. The van der Waals surface area contributed by atoms with E-state index in [1.165, 1.54) is 26.5 Å². The second-order valence-electron chi connectivity index (χ2n) is 3.88. The van der Waals surface area contributed by atoms with Gasteiger partial charge in [0.05, 0.1) is 29.8 Å². The molecule has 0 radical (unpaired) electrons. The molecule has 0 aliphatic carbocycles. The molecule has 1 aromatic carbocycles. The van der Waals surface area contributed by atoms with Gasteiger partial charge in [0, 0.05) is 6.20 Å². The van der Waals surface area contributed by atoms with Crippen molar-refractivity contribution in [2.24, 2.45) is 0 Å². The van der Waals surface area contributed by atoms with Gasteiger partial charge in [-0.3, -0.25) is 4.79 Å². The lowest BCUT2D eigenvalue weighted by atomic mass is 10.1. The number of benzene rings is 1. The number of hydrogen-bond donors (Lipinski definition) is 0. The molecule has 20 heavy (non-hydrogen) atoms. The second-order valence-corrected chi connectivity index (χ2v) is 4.72. The number of carbonyl (C=O) groups excluding carboxylic acids is 1. The summed E-state index contributed by atoms with van der Waals surface area (Å²) in [4.78, 5) is 16.5. The fourth-order valence-corrected chi connectivity index (χ4v) is 2.17. The number of ketones is 1. The number of halogens is 2. The van der Waals surface area contributed by atoms with Crippen LogP contribution < -0.4 is 9.47 Å². The van der Waals surface area contributed by atoms with Gasteiger partial charge in [0.1, 0.15) is 17.2 Å². The minimum absolute atomic E-state index is 0.114. The number of methoxy groups -OCH3 is 2. The molecular weight excluding hydrogens is 301 g/mol. The Balaban J connectivity index is 2.51. The first kappa shape index (κ1) is 14.6. The van der Waals surface area contributed by atoms with Crippen molar-refractivity contribution < 1.29 is 14.3 Å². The Morgan fingerprint density at radius 3 is 2.50 bits per heavy atom. The molecule has 104 valence electrons. The van der Waals surface area contributed by atoms with Crippen LogP contribution in [0, 0.1) is 0 Å². The van der Waals surface area contributed by atoms with Crippen LogP contribution in [0.25, 0.3) is 0 Å². The maximum absolute atomic E-state index is 12.5. The predicted octanol–water partition coefficient (Wildman–Crippen LogP) is 3.64. The van der Waals surface area contributed by atoms with Crippen LogP contribution in [0.4, 0.5) is 0 Å². The van der Waals surface area contributed by atoms with Crippen molar-refractivity contribution in [1.82, 2.24) is 4.98 Å². The molecule has 0 aliphatic heterocycles. The molecule has 4 nitrogen and oxygen atoms in total. The largest absolute Gasteiger partial charge is 0.497 e. The van der Waals surface area contributed by atoms with E-state index in [9.17, 15) is 4.79 Å². The number of carbonyl (C=O) groups is 1. The zero-order valence-electron chi connectivity index (χ0n) is 10.8. The van der Waals surface area contributed by atoms with Crippen molar-refractivity contribution in [3.8, 4) is 11.5 Å². The van der Waals surface area contributed by atoms with Gasteiger partial charge in [0.2, 0.25) is 5.78 Å². The summed E-state index contributed by atoms with van der Waals surface area (Å²) in [6.07, 6.45) is 1.37. The Kier molecular flexibility index (Phi) is 4.47. The average Bonchev–Trinajstić information content (AvgIpc) is 2.46. The molecular formula is C14H11Cl2NO3. The summed E-state index contributed by atoms with van der Waals surface area (Å²) >= 11 is 11.8. The van der Waals surface area contributed by atoms with Crippen molar-refractivity contribution in [2.45, 2.75) is 0 Å². The number of rotatable bonds is 4. The van der Waals surface area contributed by atoms with Crippen LogP contribution in [-0.2, 0) is 0 Å². The summed E-state index contributed by atoms with van der Waals surface area (Å²) in [7, 11) is 3.00. The Bertz CT molecular complexity index is 659. The zero-order valence-corrected chi connectivity index (χ0v) is 12.3. The lowest BCUT2D eigenvalue weighted by Gasteiger charge is -2.10. The van der Waals surface area contributed by atoms with Gasteiger partial charge in [0.15, 0.2) is 0 Å². The third-order valence-corrected chi connectivity index (χ3v) is 3.17. The fourth-order valence-electron chi connectivity index (χ4n) is 1.70. The third kappa shape index (κ3) is 2.86. The van der Waals surface area contributed by atoms with E-state index in [-0.39, 0.29) is 16.5 Å². The van der Waals surface area contributed by atoms with Crippen molar-refractivity contribution in [3.63, 3.8) is 0 Å². The first-order chi connectivity index (χ1) is 9.56. The van der Waals surface area contributed by atoms with Gasteiger partial charge >= 0.3 is 0 Å². The molecule has 2 rings (SSSR count). The molecule has 0 bridgehead atoms. The molecule has 0 saturated carbocycles. The molecule has 0 fully saturated rings. The van der Waals surface area contributed by atoms with E-state index in [4.69, 9.17) is 32.7 Å². The van der Waals surface area contributed by atoms with E-state index in [0.29, 0.717) is 22.1 Å². The van der Waals surface area contributed by atoms with Crippen molar-refractivity contribution in [1.29, 1.82) is 0 Å². The lowest BCUT2D eigenvalue weighted by molar-refractivity contribution is 0.103. The van der Waals surface area contributed by atoms with Gasteiger partial charge in [-0.05, 0) is 24.3 Å². The number of nitrogens with zero attached hydrogens (tertiary/aromatic N) is 1. The highest BCUT2D eigenvalue weighted by Crippen LogP contribution is 2.28. The Labute approximate surface area is 126 Å². The molecule has 1 heterocycles. The van der Waals surface area contributed by atoms with Gasteiger partial charge in [-0.15, -0.1) is 0 Å². The minimum Gasteiger partial charge on any atom is -0.497 e. The van der Waals surface area contributed by atoms with Crippen molar-refractivity contribution in [2.75, 3.05) is 14.2 Å². The van der Waals surface area contributed by atoms with Gasteiger partial charge in [-0.25, -0.2) is 4.98 Å². The molecule has 1 aromatic heterocycles. The smallest absolute Gasteiger partial charge is 0.216 e. The van der Waals surface area contributed by atoms with Crippen LogP contribution in [0.1, 0.15) is 16.1 Å². The van der Waals surface area contributed by atoms with E-state index in [1.54, 1.807) is 18.2 Å². The Morgan fingerprint density at radius 2 is 1.90 bits per heavy atom. The zero-order chi connectivity index (χ0) is 14.7. The highest BCUT2D eigenvalue weighted by molar-refractivity contribution is 6.37. The molecule has 2 aromatic rings. The summed E-state index contributed by atoms with van der Waals surface area (Å²) in [5, 5.41) is 0.552. The predicted molar refractivity (Wildman–Crippen MR) is 77.2 cm³/mol. The number of pyridine rings is 1. The topological polar surface area (TPSA) is 48.4 Å². The summed E-state index contributed by atoms with van der Waals surface area (Å²) in [6, 6.07) is 6.40. The van der Waals surface area contributed by atoms with E-state index in [2.05, 4.69) is 4.98 Å². The summed E-state index contributed by atoms with van der Waals surface area (Å²) < 4.78 is 10.3. The van der Waals surface area contributed by atoms with Crippen LogP contribution in [0.5, 0.6) is 11.5 Å². The highest BCUT2D eigenvalue weighted by Gasteiger charge is 2.19. The van der Waals surface area contributed by atoms with E-state index < -0.39 is 0 Å². The Morgan fingerprint density at radius 1 is 1.15 bits per heavy atom. The SMILES string of the molecule is COc1ccc(OC)c(C(=O)c2ncc(Cl)cc2Cl)c1. The summed E-state index contributed by atoms with van der Waals surface area (Å²) in [5.41, 5.74) is 0.436. The first-order valence-corrected chi connectivity index (χ1v) is 6.40. The molecule has 0 amide bonds.